The van der Waals surface area contributed by atoms with E-state index in [1.807, 2.05) is 4.90 Å². The van der Waals surface area contributed by atoms with Crippen LogP contribution in [0.2, 0.25) is 0 Å². The molecule has 33 heavy (non-hydrogen) atoms. The molecular formula is C26H33F3N2O2. The van der Waals surface area contributed by atoms with Gasteiger partial charge >= 0.3 is 12.1 Å². The zero-order valence-corrected chi connectivity index (χ0v) is 19.4. The third kappa shape index (κ3) is 4.29. The van der Waals surface area contributed by atoms with E-state index in [4.69, 9.17) is 4.74 Å². The number of carbonyl (C=O) groups excluding carboxylic acids is 1. The molecule has 2 heterocycles. The van der Waals surface area contributed by atoms with Gasteiger partial charge in [0.1, 0.15) is 6.10 Å². The van der Waals surface area contributed by atoms with Crippen LogP contribution in [0, 0.1) is 23.2 Å². The van der Waals surface area contributed by atoms with Gasteiger partial charge < -0.3 is 9.64 Å². The molecule has 4 aliphatic rings. The maximum Gasteiger partial charge on any atom is 0.416 e. The smallest absolute Gasteiger partial charge is 0.416 e. The number of piperazine rings is 1. The topological polar surface area (TPSA) is 32.8 Å². The van der Waals surface area contributed by atoms with Gasteiger partial charge in [0.15, 0.2) is 0 Å². The first-order valence-electron chi connectivity index (χ1n) is 12.2. The maximum absolute atomic E-state index is 13.1. The van der Waals surface area contributed by atoms with Gasteiger partial charge in [-0.1, -0.05) is 38.0 Å². The monoisotopic (exact) mass is 462 g/mol. The minimum Gasteiger partial charge on any atom is -0.461 e. The van der Waals surface area contributed by atoms with Crippen LogP contribution in [0.25, 0.3) is 0 Å². The molecule has 0 amide bonds. The molecule has 5 rings (SSSR count). The molecule has 0 aromatic heterocycles. The van der Waals surface area contributed by atoms with E-state index in [1.54, 1.807) is 6.07 Å². The predicted octanol–water partition coefficient (Wildman–Crippen LogP) is 5.14. The lowest BCUT2D eigenvalue weighted by Crippen LogP contribution is -2.49. The van der Waals surface area contributed by atoms with Crippen LogP contribution in [0.3, 0.4) is 0 Å². The second-order valence-electron chi connectivity index (χ2n) is 10.7. The Morgan fingerprint density at radius 2 is 1.94 bits per heavy atom. The third-order valence-corrected chi connectivity index (χ3v) is 8.45. The van der Waals surface area contributed by atoms with Crippen molar-refractivity contribution in [2.75, 3.05) is 37.6 Å². The number of anilines is 1. The van der Waals surface area contributed by atoms with Gasteiger partial charge in [-0.25, -0.2) is 0 Å². The molecule has 1 aromatic carbocycles. The molecule has 7 heteroatoms. The minimum absolute atomic E-state index is 0.0204. The first-order chi connectivity index (χ1) is 15.6. The highest BCUT2D eigenvalue weighted by Gasteiger charge is 2.52. The number of allylic oxidation sites excluding steroid dienone is 1. The molecule has 1 saturated carbocycles. The third-order valence-electron chi connectivity index (χ3n) is 8.45. The van der Waals surface area contributed by atoms with Crippen LogP contribution in [0.15, 0.2) is 35.9 Å². The van der Waals surface area contributed by atoms with Crippen LogP contribution in [-0.2, 0) is 15.7 Å². The van der Waals surface area contributed by atoms with E-state index < -0.39 is 11.7 Å². The molecule has 3 fully saturated rings. The Bertz CT molecular complexity index is 938. The molecule has 1 aromatic rings. The number of fused-ring (bicyclic) bond motifs is 2. The van der Waals surface area contributed by atoms with Gasteiger partial charge in [-0.15, -0.1) is 0 Å². The molecule has 2 saturated heterocycles. The Hall–Kier alpha value is -2.02. The summed E-state index contributed by atoms with van der Waals surface area (Å²) in [4.78, 5) is 17.1. The molecule has 0 spiro atoms. The molecule has 0 bridgehead atoms. The lowest BCUT2D eigenvalue weighted by atomic mass is 9.59. The van der Waals surface area contributed by atoms with Gasteiger partial charge in [0.05, 0.1) is 11.5 Å². The Kier molecular flexibility index (Phi) is 5.74. The standard InChI is InChI=1S/C26H33F3N2O2/c1-17-5-4-8-25(2)15-23-20(14-22(17)25)21(24(32)33-23)16-30-9-11-31(12-10-30)19-7-3-6-18(13-19)26(27,28)29/h3,6-7,13-14,17,20-21,23H,4-5,8-12,15-16H2,1-2H3/t17-,20+,21-,23-,25-/m1/s1. The van der Waals surface area contributed by atoms with E-state index >= 15 is 0 Å². The highest BCUT2D eigenvalue weighted by molar-refractivity contribution is 5.76. The van der Waals surface area contributed by atoms with E-state index in [1.165, 1.54) is 37.0 Å². The molecule has 0 radical (unpaired) electrons. The number of ether oxygens (including phenoxy) is 1. The second-order valence-corrected chi connectivity index (χ2v) is 10.7. The summed E-state index contributed by atoms with van der Waals surface area (Å²) < 4.78 is 45.1. The lowest BCUT2D eigenvalue weighted by molar-refractivity contribution is -0.145. The van der Waals surface area contributed by atoms with Gasteiger partial charge in [-0.3, -0.25) is 9.69 Å². The summed E-state index contributed by atoms with van der Waals surface area (Å²) in [6, 6.07) is 5.54. The number of halogens is 3. The Morgan fingerprint density at radius 1 is 1.18 bits per heavy atom. The van der Waals surface area contributed by atoms with Crippen molar-refractivity contribution >= 4 is 11.7 Å². The SMILES string of the molecule is C[C@@H]1CCC[C@]2(C)C[C@H]3OC(=O)[C@H](CN4CCN(c5cccc(C(F)(F)F)c5)CC4)[C@@H]3C=C12. The van der Waals surface area contributed by atoms with E-state index in [-0.39, 0.29) is 29.3 Å². The highest BCUT2D eigenvalue weighted by Crippen LogP contribution is 2.54. The molecule has 180 valence electrons. The van der Waals surface area contributed by atoms with Crippen LogP contribution < -0.4 is 4.90 Å². The fraction of sp³-hybridized carbons (Fsp3) is 0.654. The summed E-state index contributed by atoms with van der Waals surface area (Å²) in [5.41, 5.74) is 1.67. The van der Waals surface area contributed by atoms with Crippen molar-refractivity contribution in [3.63, 3.8) is 0 Å². The van der Waals surface area contributed by atoms with Crippen LogP contribution in [-0.4, -0.2) is 49.7 Å². The number of esters is 1. The fourth-order valence-corrected chi connectivity index (χ4v) is 6.60. The zero-order chi connectivity index (χ0) is 23.4. The number of hydrogen-bond acceptors (Lipinski definition) is 4. The van der Waals surface area contributed by atoms with Crippen LogP contribution in [0.1, 0.15) is 45.1 Å². The lowest BCUT2D eigenvalue weighted by Gasteiger charge is -2.46. The first-order valence-corrected chi connectivity index (χ1v) is 12.2. The number of benzene rings is 1. The van der Waals surface area contributed by atoms with Crippen molar-refractivity contribution in [1.29, 1.82) is 0 Å². The van der Waals surface area contributed by atoms with E-state index in [0.29, 0.717) is 31.2 Å². The van der Waals surface area contributed by atoms with Gasteiger partial charge in [0.25, 0.3) is 0 Å². The van der Waals surface area contributed by atoms with Gasteiger partial charge in [0.2, 0.25) is 0 Å². The largest absolute Gasteiger partial charge is 0.461 e. The highest BCUT2D eigenvalue weighted by atomic mass is 19.4. The van der Waals surface area contributed by atoms with Crippen LogP contribution >= 0.6 is 0 Å². The van der Waals surface area contributed by atoms with E-state index in [0.717, 1.165) is 25.6 Å². The minimum atomic E-state index is -4.34. The zero-order valence-electron chi connectivity index (χ0n) is 19.4. The molecule has 2 aliphatic heterocycles. The van der Waals surface area contributed by atoms with Crippen molar-refractivity contribution in [2.24, 2.45) is 23.2 Å². The number of hydrogen-bond donors (Lipinski definition) is 0. The summed E-state index contributed by atoms with van der Waals surface area (Å²) in [6.07, 6.45) is 2.58. The van der Waals surface area contributed by atoms with Gasteiger partial charge in [-0.2, -0.15) is 13.2 Å². The van der Waals surface area contributed by atoms with E-state index in [9.17, 15) is 18.0 Å². The predicted molar refractivity (Wildman–Crippen MR) is 121 cm³/mol. The second kappa shape index (κ2) is 8.33. The molecular weight excluding hydrogens is 429 g/mol. The molecule has 5 atom stereocenters. The quantitative estimate of drug-likeness (QED) is 0.460. The number of nitrogens with zero attached hydrogens (tertiary/aromatic N) is 2. The maximum atomic E-state index is 13.1. The van der Waals surface area contributed by atoms with E-state index in [2.05, 4.69) is 24.8 Å². The first kappa shape index (κ1) is 22.8. The summed E-state index contributed by atoms with van der Waals surface area (Å²) in [5, 5.41) is 0. The Balaban J connectivity index is 1.24. The Labute approximate surface area is 193 Å². The van der Waals surface area contributed by atoms with Crippen molar-refractivity contribution in [3.8, 4) is 0 Å². The van der Waals surface area contributed by atoms with Gasteiger partial charge in [-0.05, 0) is 48.8 Å². The fourth-order valence-electron chi connectivity index (χ4n) is 6.60. The Morgan fingerprint density at radius 3 is 2.67 bits per heavy atom. The summed E-state index contributed by atoms with van der Waals surface area (Å²) in [7, 11) is 0. The molecule has 0 N–H and O–H groups in total. The molecule has 4 nitrogen and oxygen atoms in total. The van der Waals surface area contributed by atoms with Crippen molar-refractivity contribution in [1.82, 2.24) is 4.90 Å². The van der Waals surface area contributed by atoms with Crippen LogP contribution in [0.5, 0.6) is 0 Å². The summed E-state index contributed by atoms with van der Waals surface area (Å²) >= 11 is 0. The number of rotatable bonds is 3. The van der Waals surface area contributed by atoms with Gasteiger partial charge in [0, 0.05) is 44.3 Å². The molecule has 0 unspecified atom stereocenters. The average Bonchev–Trinajstić information content (AvgIpc) is 3.06. The summed E-state index contributed by atoms with van der Waals surface area (Å²) in [5.74, 6) is 0.470. The van der Waals surface area contributed by atoms with Crippen molar-refractivity contribution < 1.29 is 22.7 Å². The average molecular weight is 463 g/mol. The number of carbonyl (C=O) groups is 1. The molecule has 2 aliphatic carbocycles. The van der Waals surface area contributed by atoms with Crippen molar-refractivity contribution in [3.05, 3.63) is 41.5 Å². The van der Waals surface area contributed by atoms with Crippen LogP contribution in [0.4, 0.5) is 18.9 Å². The normalized spacial score (nSPS) is 35.0. The number of alkyl halides is 3. The van der Waals surface area contributed by atoms with Crippen molar-refractivity contribution in [2.45, 2.75) is 51.8 Å². The summed E-state index contributed by atoms with van der Waals surface area (Å²) in [6.45, 7) is 8.04.